The molecule has 1 N–H and O–H groups in total. The first-order valence-electron chi connectivity index (χ1n) is 8.49. The Morgan fingerprint density at radius 3 is 2.20 bits per heavy atom. The van der Waals surface area contributed by atoms with Crippen molar-refractivity contribution in [1.29, 1.82) is 0 Å². The van der Waals surface area contributed by atoms with Gasteiger partial charge in [-0.1, -0.05) is 48.9 Å². The summed E-state index contributed by atoms with van der Waals surface area (Å²) in [5.74, 6) is -0.452. The Morgan fingerprint density at radius 1 is 1.04 bits per heavy atom. The first kappa shape index (κ1) is 19.2. The molecular formula is C20H25NO3S. The first-order chi connectivity index (χ1) is 11.8. The minimum atomic E-state index is -3.44. The number of rotatable bonds is 7. The van der Waals surface area contributed by atoms with Crippen molar-refractivity contribution in [3.63, 3.8) is 0 Å². The molecule has 1 amide bonds. The summed E-state index contributed by atoms with van der Waals surface area (Å²) < 4.78 is 24.6. The number of carbonyl (C=O) groups is 1. The second-order valence-corrected chi connectivity index (χ2v) is 8.38. The third kappa shape index (κ3) is 5.43. The second-order valence-electron chi connectivity index (χ2n) is 6.27. The molecule has 2 aromatic rings. The van der Waals surface area contributed by atoms with E-state index in [1.807, 2.05) is 38.1 Å². The van der Waals surface area contributed by atoms with Crippen LogP contribution in [0, 0.1) is 6.92 Å². The summed E-state index contributed by atoms with van der Waals surface area (Å²) >= 11 is 0. The maximum atomic E-state index is 12.3. The van der Waals surface area contributed by atoms with Crippen molar-refractivity contribution in [1.82, 2.24) is 5.32 Å². The highest BCUT2D eigenvalue weighted by molar-refractivity contribution is 7.91. The molecule has 0 bridgehead atoms. The van der Waals surface area contributed by atoms with E-state index in [-0.39, 0.29) is 29.0 Å². The lowest BCUT2D eigenvalue weighted by Crippen LogP contribution is -2.28. The van der Waals surface area contributed by atoms with E-state index < -0.39 is 9.84 Å². The highest BCUT2D eigenvalue weighted by atomic mass is 32.2. The van der Waals surface area contributed by atoms with Crippen molar-refractivity contribution in [2.75, 3.05) is 5.75 Å². The molecule has 0 aliphatic carbocycles. The number of sulfone groups is 1. The molecule has 0 heterocycles. The Bertz CT molecular complexity index is 809. The summed E-state index contributed by atoms with van der Waals surface area (Å²) in [7, 11) is -3.44. The lowest BCUT2D eigenvalue weighted by atomic mass is 10.0. The summed E-state index contributed by atoms with van der Waals surface area (Å²) in [6.45, 7) is 5.89. The lowest BCUT2D eigenvalue weighted by molar-refractivity contribution is -0.121. The molecular weight excluding hydrogens is 334 g/mol. The zero-order chi connectivity index (χ0) is 18.4. The largest absolute Gasteiger partial charge is 0.350 e. The number of hydrogen-bond acceptors (Lipinski definition) is 3. The average molecular weight is 359 g/mol. The van der Waals surface area contributed by atoms with E-state index in [0.717, 1.165) is 17.5 Å². The van der Waals surface area contributed by atoms with Crippen LogP contribution in [-0.4, -0.2) is 20.1 Å². The molecule has 0 spiro atoms. The fourth-order valence-corrected chi connectivity index (χ4v) is 3.77. The maximum absolute atomic E-state index is 12.3. The van der Waals surface area contributed by atoms with E-state index in [4.69, 9.17) is 0 Å². The Balaban J connectivity index is 1.91. The summed E-state index contributed by atoms with van der Waals surface area (Å²) in [5.41, 5.74) is 3.25. The van der Waals surface area contributed by atoms with Crippen LogP contribution >= 0.6 is 0 Å². The summed E-state index contributed by atoms with van der Waals surface area (Å²) in [5, 5.41) is 2.86. The standard InChI is InChI=1S/C20H25NO3S/c1-4-17-7-9-18(10-8-17)16(3)21-20(22)13-14-25(23,24)19-11-5-15(2)6-12-19/h5-12,16H,4,13-14H2,1-3H3,(H,21,22). The van der Waals surface area contributed by atoms with Crippen molar-refractivity contribution in [3.8, 4) is 0 Å². The predicted octanol–water partition coefficient (Wildman–Crippen LogP) is 3.60. The number of aryl methyl sites for hydroxylation is 2. The molecule has 25 heavy (non-hydrogen) atoms. The monoisotopic (exact) mass is 359 g/mol. The molecule has 5 heteroatoms. The molecule has 0 aliphatic heterocycles. The zero-order valence-electron chi connectivity index (χ0n) is 15.0. The number of amides is 1. The molecule has 0 saturated carbocycles. The van der Waals surface area contributed by atoms with Gasteiger partial charge < -0.3 is 5.32 Å². The third-order valence-electron chi connectivity index (χ3n) is 4.24. The Morgan fingerprint density at radius 2 is 1.64 bits per heavy atom. The minimum Gasteiger partial charge on any atom is -0.350 e. The van der Waals surface area contributed by atoms with E-state index in [9.17, 15) is 13.2 Å². The molecule has 0 aromatic heterocycles. The van der Waals surface area contributed by atoms with Gasteiger partial charge in [0, 0.05) is 6.42 Å². The molecule has 0 radical (unpaired) electrons. The molecule has 2 aromatic carbocycles. The Labute approximate surface area is 150 Å². The number of carbonyl (C=O) groups excluding carboxylic acids is 1. The number of hydrogen-bond donors (Lipinski definition) is 1. The van der Waals surface area contributed by atoms with Crippen LogP contribution in [0.2, 0.25) is 0 Å². The molecule has 0 saturated heterocycles. The highest BCUT2D eigenvalue weighted by Gasteiger charge is 2.17. The van der Waals surface area contributed by atoms with Gasteiger partial charge in [-0.25, -0.2) is 8.42 Å². The van der Waals surface area contributed by atoms with Crippen LogP contribution in [0.25, 0.3) is 0 Å². The molecule has 0 aliphatic rings. The van der Waals surface area contributed by atoms with Gasteiger partial charge in [0.25, 0.3) is 0 Å². The van der Waals surface area contributed by atoms with Gasteiger partial charge in [0.1, 0.15) is 0 Å². The fourth-order valence-electron chi connectivity index (χ4n) is 2.53. The van der Waals surface area contributed by atoms with Crippen LogP contribution in [-0.2, 0) is 21.1 Å². The quantitative estimate of drug-likeness (QED) is 0.821. The molecule has 2 rings (SSSR count). The van der Waals surface area contributed by atoms with E-state index in [1.165, 1.54) is 5.56 Å². The topological polar surface area (TPSA) is 63.2 Å². The van der Waals surface area contributed by atoms with Gasteiger partial charge in [0.05, 0.1) is 16.7 Å². The second kappa shape index (κ2) is 8.30. The summed E-state index contributed by atoms with van der Waals surface area (Å²) in [6.07, 6.45) is 0.922. The van der Waals surface area contributed by atoms with Gasteiger partial charge >= 0.3 is 0 Å². The minimum absolute atomic E-state index is 0.0480. The zero-order valence-corrected chi connectivity index (χ0v) is 15.8. The average Bonchev–Trinajstić information content (AvgIpc) is 2.60. The molecule has 1 unspecified atom stereocenters. The molecule has 1 atom stereocenters. The van der Waals surface area contributed by atoms with Crippen molar-refractivity contribution >= 4 is 15.7 Å². The van der Waals surface area contributed by atoms with E-state index in [0.29, 0.717) is 0 Å². The van der Waals surface area contributed by atoms with Crippen LogP contribution in [0.15, 0.2) is 53.4 Å². The van der Waals surface area contributed by atoms with Gasteiger partial charge in [0.2, 0.25) is 5.91 Å². The van der Waals surface area contributed by atoms with Crippen LogP contribution in [0.1, 0.15) is 43.0 Å². The van der Waals surface area contributed by atoms with Crippen LogP contribution in [0.5, 0.6) is 0 Å². The van der Waals surface area contributed by atoms with Gasteiger partial charge in [-0.05, 0) is 43.5 Å². The summed E-state index contributed by atoms with van der Waals surface area (Å²) in [6, 6.07) is 14.6. The molecule has 4 nitrogen and oxygen atoms in total. The number of benzene rings is 2. The SMILES string of the molecule is CCc1ccc(C(C)NC(=O)CCS(=O)(=O)c2ccc(C)cc2)cc1. The summed E-state index contributed by atoms with van der Waals surface area (Å²) in [4.78, 5) is 12.4. The highest BCUT2D eigenvalue weighted by Crippen LogP contribution is 2.15. The molecule has 134 valence electrons. The van der Waals surface area contributed by atoms with Crippen molar-refractivity contribution < 1.29 is 13.2 Å². The van der Waals surface area contributed by atoms with Gasteiger partial charge in [0.15, 0.2) is 9.84 Å². The van der Waals surface area contributed by atoms with Crippen molar-refractivity contribution in [2.24, 2.45) is 0 Å². The lowest BCUT2D eigenvalue weighted by Gasteiger charge is -2.15. The number of nitrogens with one attached hydrogen (secondary N) is 1. The predicted molar refractivity (Wildman–Crippen MR) is 100 cm³/mol. The smallest absolute Gasteiger partial charge is 0.221 e. The van der Waals surface area contributed by atoms with E-state index in [2.05, 4.69) is 12.2 Å². The fraction of sp³-hybridized carbons (Fsp3) is 0.350. The van der Waals surface area contributed by atoms with Crippen LogP contribution < -0.4 is 5.32 Å². The maximum Gasteiger partial charge on any atom is 0.221 e. The first-order valence-corrected chi connectivity index (χ1v) is 10.1. The van der Waals surface area contributed by atoms with Crippen LogP contribution in [0.3, 0.4) is 0 Å². The van der Waals surface area contributed by atoms with Gasteiger partial charge in [-0.2, -0.15) is 0 Å². The normalized spacial score (nSPS) is 12.6. The van der Waals surface area contributed by atoms with E-state index in [1.54, 1.807) is 24.3 Å². The van der Waals surface area contributed by atoms with Gasteiger partial charge in [-0.3, -0.25) is 4.79 Å². The van der Waals surface area contributed by atoms with E-state index >= 15 is 0 Å². The Kier molecular flexibility index (Phi) is 6.37. The third-order valence-corrected chi connectivity index (χ3v) is 5.98. The van der Waals surface area contributed by atoms with Crippen molar-refractivity contribution in [2.45, 2.75) is 44.6 Å². The molecule has 0 fully saturated rings. The van der Waals surface area contributed by atoms with Gasteiger partial charge in [-0.15, -0.1) is 0 Å². The Hall–Kier alpha value is -2.14. The van der Waals surface area contributed by atoms with Crippen molar-refractivity contribution in [3.05, 3.63) is 65.2 Å². The van der Waals surface area contributed by atoms with Crippen LogP contribution in [0.4, 0.5) is 0 Å².